The van der Waals surface area contributed by atoms with Crippen molar-refractivity contribution < 1.29 is 27.1 Å². The predicted molar refractivity (Wildman–Crippen MR) is 64.8 cm³/mol. The van der Waals surface area contributed by atoms with Crippen molar-refractivity contribution >= 4 is 11.6 Å². The number of benzene rings is 1. The van der Waals surface area contributed by atoms with Gasteiger partial charge in [-0.2, -0.15) is 13.2 Å². The van der Waals surface area contributed by atoms with Crippen LogP contribution in [0.15, 0.2) is 18.2 Å². The van der Waals surface area contributed by atoms with Crippen LogP contribution in [0.1, 0.15) is 6.92 Å². The molecule has 1 aromatic rings. The predicted octanol–water partition coefficient (Wildman–Crippen LogP) is 2.30. The van der Waals surface area contributed by atoms with Crippen molar-refractivity contribution in [2.24, 2.45) is 11.7 Å². The Kier molecular flexibility index (Phi) is 5.32. The SMILES string of the molecule is CC(CN)C(=O)Nc1ccc(F)cc1OCC(F)(F)F. The highest BCUT2D eigenvalue weighted by Crippen LogP contribution is 2.28. The van der Waals surface area contributed by atoms with E-state index in [1.807, 2.05) is 0 Å². The first-order chi connectivity index (χ1) is 9.23. The van der Waals surface area contributed by atoms with Crippen LogP contribution in [-0.2, 0) is 4.79 Å². The Bertz CT molecular complexity index is 477. The lowest BCUT2D eigenvalue weighted by atomic mass is 10.1. The summed E-state index contributed by atoms with van der Waals surface area (Å²) in [7, 11) is 0. The normalized spacial score (nSPS) is 12.9. The van der Waals surface area contributed by atoms with Gasteiger partial charge in [0, 0.05) is 18.5 Å². The van der Waals surface area contributed by atoms with E-state index in [2.05, 4.69) is 10.1 Å². The van der Waals surface area contributed by atoms with Crippen LogP contribution in [0, 0.1) is 11.7 Å². The summed E-state index contributed by atoms with van der Waals surface area (Å²) in [5.41, 5.74) is 5.26. The van der Waals surface area contributed by atoms with Crippen LogP contribution in [0.2, 0.25) is 0 Å². The van der Waals surface area contributed by atoms with Gasteiger partial charge in [-0.15, -0.1) is 0 Å². The lowest BCUT2D eigenvalue weighted by Crippen LogP contribution is -2.27. The van der Waals surface area contributed by atoms with Gasteiger partial charge < -0.3 is 15.8 Å². The highest BCUT2D eigenvalue weighted by Gasteiger charge is 2.29. The summed E-state index contributed by atoms with van der Waals surface area (Å²) in [6, 6.07) is 2.90. The van der Waals surface area contributed by atoms with E-state index >= 15 is 0 Å². The largest absolute Gasteiger partial charge is 0.482 e. The van der Waals surface area contributed by atoms with Crippen LogP contribution < -0.4 is 15.8 Å². The number of rotatable bonds is 5. The molecule has 1 rings (SSSR count). The topological polar surface area (TPSA) is 64.4 Å². The number of halogens is 4. The zero-order valence-electron chi connectivity index (χ0n) is 10.6. The molecule has 0 radical (unpaired) electrons. The Morgan fingerprint density at radius 1 is 1.45 bits per heavy atom. The van der Waals surface area contributed by atoms with Gasteiger partial charge in [-0.05, 0) is 12.1 Å². The molecule has 0 heterocycles. The number of ether oxygens (including phenoxy) is 1. The fourth-order valence-corrected chi connectivity index (χ4v) is 1.24. The highest BCUT2D eigenvalue weighted by molar-refractivity contribution is 5.93. The molecule has 0 saturated carbocycles. The van der Waals surface area contributed by atoms with E-state index < -0.39 is 30.4 Å². The van der Waals surface area contributed by atoms with Gasteiger partial charge in [-0.25, -0.2) is 4.39 Å². The van der Waals surface area contributed by atoms with Crippen molar-refractivity contribution in [3.05, 3.63) is 24.0 Å². The summed E-state index contributed by atoms with van der Waals surface area (Å²) in [6.45, 7) is 0.0483. The number of carbonyl (C=O) groups is 1. The summed E-state index contributed by atoms with van der Waals surface area (Å²) < 4.78 is 53.8. The molecule has 0 aliphatic carbocycles. The summed E-state index contributed by atoms with van der Waals surface area (Å²) in [5, 5.41) is 2.35. The molecule has 1 atom stereocenters. The third-order valence-corrected chi connectivity index (χ3v) is 2.39. The molecule has 112 valence electrons. The van der Waals surface area contributed by atoms with E-state index in [-0.39, 0.29) is 18.0 Å². The zero-order valence-corrected chi connectivity index (χ0v) is 10.6. The number of anilines is 1. The minimum Gasteiger partial charge on any atom is -0.482 e. The maximum absolute atomic E-state index is 13.0. The third-order valence-electron chi connectivity index (χ3n) is 2.39. The van der Waals surface area contributed by atoms with E-state index in [0.717, 1.165) is 18.2 Å². The molecule has 0 saturated heterocycles. The Morgan fingerprint density at radius 3 is 2.65 bits per heavy atom. The van der Waals surface area contributed by atoms with Crippen molar-refractivity contribution in [1.82, 2.24) is 0 Å². The van der Waals surface area contributed by atoms with Gasteiger partial charge in [-0.3, -0.25) is 4.79 Å². The summed E-state index contributed by atoms with van der Waals surface area (Å²) in [4.78, 5) is 11.6. The first-order valence-corrected chi connectivity index (χ1v) is 5.73. The van der Waals surface area contributed by atoms with E-state index in [9.17, 15) is 22.4 Å². The number of nitrogens with two attached hydrogens (primary N) is 1. The summed E-state index contributed by atoms with van der Waals surface area (Å²) in [5.74, 6) is -2.18. The highest BCUT2D eigenvalue weighted by atomic mass is 19.4. The van der Waals surface area contributed by atoms with Gasteiger partial charge in [0.05, 0.1) is 5.69 Å². The number of amides is 1. The van der Waals surface area contributed by atoms with Crippen LogP contribution in [-0.4, -0.2) is 25.2 Å². The molecule has 1 amide bonds. The number of alkyl halides is 3. The first kappa shape index (κ1) is 16.2. The second kappa shape index (κ2) is 6.56. The second-order valence-electron chi connectivity index (χ2n) is 4.17. The average molecular weight is 294 g/mol. The quantitative estimate of drug-likeness (QED) is 0.819. The maximum Gasteiger partial charge on any atom is 0.422 e. The lowest BCUT2D eigenvalue weighted by Gasteiger charge is -2.15. The molecule has 0 fully saturated rings. The molecule has 8 heteroatoms. The Morgan fingerprint density at radius 2 is 2.10 bits per heavy atom. The van der Waals surface area contributed by atoms with Crippen LogP contribution in [0.5, 0.6) is 5.75 Å². The van der Waals surface area contributed by atoms with Crippen molar-refractivity contribution in [2.45, 2.75) is 13.1 Å². The van der Waals surface area contributed by atoms with Gasteiger partial charge in [0.15, 0.2) is 6.61 Å². The van der Waals surface area contributed by atoms with Gasteiger partial charge in [0.25, 0.3) is 0 Å². The van der Waals surface area contributed by atoms with Crippen molar-refractivity contribution in [1.29, 1.82) is 0 Å². The van der Waals surface area contributed by atoms with Crippen LogP contribution in [0.3, 0.4) is 0 Å². The minimum atomic E-state index is -4.56. The van der Waals surface area contributed by atoms with Crippen LogP contribution in [0.4, 0.5) is 23.2 Å². The lowest BCUT2D eigenvalue weighted by molar-refractivity contribution is -0.153. The van der Waals surface area contributed by atoms with Crippen molar-refractivity contribution in [2.75, 3.05) is 18.5 Å². The Hall–Kier alpha value is -1.83. The molecule has 0 aromatic heterocycles. The minimum absolute atomic E-state index is 0.0408. The average Bonchev–Trinajstić information content (AvgIpc) is 2.36. The molecule has 0 aliphatic heterocycles. The fraction of sp³-hybridized carbons (Fsp3) is 0.417. The molecule has 1 unspecified atom stereocenters. The number of carbonyl (C=O) groups excluding carboxylic acids is 1. The number of hydrogen-bond acceptors (Lipinski definition) is 3. The molecule has 0 spiro atoms. The Labute approximate surface area is 112 Å². The van der Waals surface area contributed by atoms with E-state index in [1.165, 1.54) is 0 Å². The summed E-state index contributed by atoms with van der Waals surface area (Å²) in [6.07, 6.45) is -4.56. The molecular weight excluding hydrogens is 280 g/mol. The molecule has 0 bridgehead atoms. The zero-order chi connectivity index (χ0) is 15.3. The molecule has 20 heavy (non-hydrogen) atoms. The van der Waals surface area contributed by atoms with Crippen LogP contribution in [0.25, 0.3) is 0 Å². The standard InChI is InChI=1S/C12H14F4N2O2/c1-7(5-17)11(19)18-9-3-2-8(13)4-10(9)20-6-12(14,15)16/h2-4,7H,5-6,17H2,1H3,(H,18,19). The molecular formula is C12H14F4N2O2. The van der Waals surface area contributed by atoms with Gasteiger partial charge >= 0.3 is 6.18 Å². The number of nitrogens with one attached hydrogen (secondary N) is 1. The van der Waals surface area contributed by atoms with Gasteiger partial charge in [0.1, 0.15) is 11.6 Å². The molecule has 4 nitrogen and oxygen atoms in total. The number of hydrogen-bond donors (Lipinski definition) is 2. The summed E-state index contributed by atoms with van der Waals surface area (Å²) >= 11 is 0. The van der Waals surface area contributed by atoms with E-state index in [4.69, 9.17) is 5.73 Å². The smallest absolute Gasteiger partial charge is 0.422 e. The van der Waals surface area contributed by atoms with Crippen LogP contribution >= 0.6 is 0 Å². The molecule has 1 aromatic carbocycles. The van der Waals surface area contributed by atoms with Crippen molar-refractivity contribution in [3.63, 3.8) is 0 Å². The monoisotopic (exact) mass is 294 g/mol. The maximum atomic E-state index is 13.0. The van der Waals surface area contributed by atoms with Gasteiger partial charge in [-0.1, -0.05) is 6.92 Å². The fourth-order valence-electron chi connectivity index (χ4n) is 1.24. The Balaban J connectivity index is 2.87. The van der Waals surface area contributed by atoms with E-state index in [1.54, 1.807) is 6.92 Å². The molecule has 0 aliphatic rings. The third kappa shape index (κ3) is 5.04. The first-order valence-electron chi connectivity index (χ1n) is 5.73. The molecule has 3 N–H and O–H groups in total. The van der Waals surface area contributed by atoms with Gasteiger partial charge in [0.2, 0.25) is 5.91 Å². The van der Waals surface area contributed by atoms with Crippen molar-refractivity contribution in [3.8, 4) is 5.75 Å². The van der Waals surface area contributed by atoms with E-state index in [0.29, 0.717) is 0 Å². The second-order valence-corrected chi connectivity index (χ2v) is 4.17.